The number of hydrogen-bond donors (Lipinski definition) is 1. The third kappa shape index (κ3) is 2.80. The van der Waals surface area contributed by atoms with Crippen LogP contribution < -0.4 is 5.73 Å². The van der Waals surface area contributed by atoms with Crippen molar-refractivity contribution >= 4 is 17.6 Å². The van der Waals surface area contributed by atoms with Crippen LogP contribution in [0.1, 0.15) is 13.8 Å². The average molecular weight is 168 g/mol. The molecule has 1 rings (SSSR count). The maximum atomic E-state index is 5.44. The molecule has 0 saturated carbocycles. The van der Waals surface area contributed by atoms with Crippen molar-refractivity contribution in [3.05, 3.63) is 18.3 Å². The molecule has 0 atom stereocenters. The van der Waals surface area contributed by atoms with Crippen LogP contribution in [0, 0.1) is 0 Å². The number of rotatable bonds is 2. The van der Waals surface area contributed by atoms with E-state index in [9.17, 15) is 0 Å². The van der Waals surface area contributed by atoms with E-state index in [1.54, 1.807) is 18.0 Å². The topological polar surface area (TPSA) is 38.9 Å². The smallest absolute Gasteiger partial charge is 0.123 e. The van der Waals surface area contributed by atoms with E-state index in [2.05, 4.69) is 18.8 Å². The van der Waals surface area contributed by atoms with E-state index in [0.29, 0.717) is 11.1 Å². The molecule has 2 nitrogen and oxygen atoms in total. The van der Waals surface area contributed by atoms with Gasteiger partial charge in [0.05, 0.1) is 0 Å². The highest BCUT2D eigenvalue weighted by atomic mass is 32.2. The molecule has 1 aromatic rings. The summed E-state index contributed by atoms with van der Waals surface area (Å²) in [6.07, 6.45) is 1.81. The number of nitrogens with two attached hydrogens (primary N) is 1. The fourth-order valence-electron chi connectivity index (χ4n) is 0.734. The van der Waals surface area contributed by atoms with Crippen molar-refractivity contribution in [3.63, 3.8) is 0 Å². The van der Waals surface area contributed by atoms with Gasteiger partial charge >= 0.3 is 0 Å². The highest BCUT2D eigenvalue weighted by molar-refractivity contribution is 7.99. The number of anilines is 1. The highest BCUT2D eigenvalue weighted by Crippen LogP contribution is 2.21. The van der Waals surface area contributed by atoms with Gasteiger partial charge in [0, 0.05) is 16.3 Å². The van der Waals surface area contributed by atoms with Gasteiger partial charge in [0.25, 0.3) is 0 Å². The number of nitrogen functional groups attached to an aromatic ring is 1. The lowest BCUT2D eigenvalue weighted by molar-refractivity contribution is 1.10. The molecule has 0 bridgehead atoms. The number of hydrogen-bond acceptors (Lipinski definition) is 3. The summed E-state index contributed by atoms with van der Waals surface area (Å²) in [5.41, 5.74) is 5.44. The molecule has 0 amide bonds. The van der Waals surface area contributed by atoms with E-state index in [1.807, 2.05) is 12.1 Å². The first-order chi connectivity index (χ1) is 5.18. The summed E-state index contributed by atoms with van der Waals surface area (Å²) in [6, 6.07) is 3.82. The lowest BCUT2D eigenvalue weighted by atomic mass is 10.5. The first-order valence-corrected chi connectivity index (χ1v) is 4.44. The van der Waals surface area contributed by atoms with Crippen LogP contribution in [0.15, 0.2) is 23.2 Å². The maximum Gasteiger partial charge on any atom is 0.123 e. The second-order valence-electron chi connectivity index (χ2n) is 2.59. The second-order valence-corrected chi connectivity index (χ2v) is 4.24. The Morgan fingerprint density at radius 2 is 2.18 bits per heavy atom. The van der Waals surface area contributed by atoms with Gasteiger partial charge in [0.1, 0.15) is 5.82 Å². The molecule has 0 aliphatic carbocycles. The average Bonchev–Trinajstić information content (AvgIpc) is 1.93. The van der Waals surface area contributed by atoms with Gasteiger partial charge in [-0.3, -0.25) is 0 Å². The van der Waals surface area contributed by atoms with Crippen LogP contribution in [0.5, 0.6) is 0 Å². The Labute approximate surface area is 71.2 Å². The van der Waals surface area contributed by atoms with E-state index >= 15 is 0 Å². The summed E-state index contributed by atoms with van der Waals surface area (Å²) < 4.78 is 0. The van der Waals surface area contributed by atoms with Crippen molar-refractivity contribution in [2.45, 2.75) is 24.0 Å². The lowest BCUT2D eigenvalue weighted by Gasteiger charge is -2.03. The van der Waals surface area contributed by atoms with E-state index in [4.69, 9.17) is 5.73 Å². The van der Waals surface area contributed by atoms with E-state index < -0.39 is 0 Å². The van der Waals surface area contributed by atoms with Crippen molar-refractivity contribution in [2.75, 3.05) is 5.73 Å². The van der Waals surface area contributed by atoms with Gasteiger partial charge in [-0.15, -0.1) is 11.8 Å². The zero-order chi connectivity index (χ0) is 8.27. The molecule has 60 valence electrons. The zero-order valence-electron chi connectivity index (χ0n) is 6.74. The van der Waals surface area contributed by atoms with E-state index in [0.717, 1.165) is 0 Å². The summed E-state index contributed by atoms with van der Waals surface area (Å²) in [7, 11) is 0. The van der Waals surface area contributed by atoms with Gasteiger partial charge in [-0.25, -0.2) is 4.98 Å². The molecule has 0 aliphatic heterocycles. The molecule has 0 aliphatic rings. The van der Waals surface area contributed by atoms with Crippen molar-refractivity contribution < 1.29 is 0 Å². The van der Waals surface area contributed by atoms with Crippen LogP contribution in [0.4, 0.5) is 5.82 Å². The Morgan fingerprint density at radius 1 is 1.45 bits per heavy atom. The van der Waals surface area contributed by atoms with Crippen LogP contribution in [0.3, 0.4) is 0 Å². The Kier molecular flexibility index (Phi) is 2.76. The molecular weight excluding hydrogens is 156 g/mol. The van der Waals surface area contributed by atoms with Crippen LogP contribution in [0.2, 0.25) is 0 Å². The summed E-state index contributed by atoms with van der Waals surface area (Å²) in [5, 5.41) is 0.598. The standard InChI is InChI=1S/C8H12N2S/c1-6(2)11-7-3-4-8(9)10-5-7/h3-6H,1-2H3,(H2,9,10). The van der Waals surface area contributed by atoms with Crippen LogP contribution in [0.25, 0.3) is 0 Å². The summed E-state index contributed by atoms with van der Waals surface area (Å²) in [4.78, 5) is 5.16. The molecule has 1 aromatic heterocycles. The Hall–Kier alpha value is -0.700. The minimum absolute atomic E-state index is 0.582. The SMILES string of the molecule is CC(C)Sc1ccc(N)nc1. The monoisotopic (exact) mass is 168 g/mol. The minimum atomic E-state index is 0.582. The number of nitrogens with zero attached hydrogens (tertiary/aromatic N) is 1. The molecule has 0 aromatic carbocycles. The molecule has 0 fully saturated rings. The van der Waals surface area contributed by atoms with Crippen molar-refractivity contribution in [1.29, 1.82) is 0 Å². The maximum absolute atomic E-state index is 5.44. The zero-order valence-corrected chi connectivity index (χ0v) is 7.56. The van der Waals surface area contributed by atoms with Crippen LogP contribution in [-0.2, 0) is 0 Å². The Balaban J connectivity index is 2.66. The number of thioether (sulfide) groups is 1. The molecule has 2 N–H and O–H groups in total. The van der Waals surface area contributed by atoms with Gasteiger partial charge < -0.3 is 5.73 Å². The molecule has 0 spiro atoms. The van der Waals surface area contributed by atoms with Crippen LogP contribution in [-0.4, -0.2) is 10.2 Å². The van der Waals surface area contributed by atoms with Crippen LogP contribution >= 0.6 is 11.8 Å². The van der Waals surface area contributed by atoms with Crippen molar-refractivity contribution in [2.24, 2.45) is 0 Å². The number of aromatic nitrogens is 1. The molecule has 0 saturated heterocycles. The molecule has 1 heterocycles. The predicted octanol–water partition coefficient (Wildman–Crippen LogP) is 2.16. The first-order valence-electron chi connectivity index (χ1n) is 3.56. The van der Waals surface area contributed by atoms with E-state index in [-0.39, 0.29) is 0 Å². The third-order valence-electron chi connectivity index (χ3n) is 1.13. The largest absolute Gasteiger partial charge is 0.384 e. The fourth-order valence-corrected chi connectivity index (χ4v) is 1.54. The van der Waals surface area contributed by atoms with Crippen molar-refractivity contribution in [3.8, 4) is 0 Å². The normalized spacial score (nSPS) is 10.5. The highest BCUT2D eigenvalue weighted by Gasteiger charge is 1.97. The first kappa shape index (κ1) is 8.40. The van der Waals surface area contributed by atoms with Gasteiger partial charge in [-0.05, 0) is 12.1 Å². The lowest BCUT2D eigenvalue weighted by Crippen LogP contribution is -1.90. The Morgan fingerprint density at radius 3 is 2.64 bits per heavy atom. The molecule has 0 radical (unpaired) electrons. The summed E-state index contributed by atoms with van der Waals surface area (Å²) >= 11 is 1.79. The fraction of sp³-hybridized carbons (Fsp3) is 0.375. The van der Waals surface area contributed by atoms with Gasteiger partial charge in [0.15, 0.2) is 0 Å². The van der Waals surface area contributed by atoms with Crippen molar-refractivity contribution in [1.82, 2.24) is 4.98 Å². The van der Waals surface area contributed by atoms with Gasteiger partial charge in [-0.2, -0.15) is 0 Å². The van der Waals surface area contributed by atoms with Gasteiger partial charge in [0.2, 0.25) is 0 Å². The second kappa shape index (κ2) is 3.62. The summed E-state index contributed by atoms with van der Waals surface area (Å²) in [5.74, 6) is 0.582. The number of pyridine rings is 1. The quantitative estimate of drug-likeness (QED) is 0.688. The Bertz CT molecular complexity index is 218. The molecule has 3 heteroatoms. The summed E-state index contributed by atoms with van der Waals surface area (Å²) in [6.45, 7) is 4.31. The van der Waals surface area contributed by atoms with E-state index in [1.165, 1.54) is 4.90 Å². The minimum Gasteiger partial charge on any atom is -0.384 e. The molecule has 11 heavy (non-hydrogen) atoms. The molecule has 0 unspecified atom stereocenters. The molecular formula is C8H12N2S. The van der Waals surface area contributed by atoms with Gasteiger partial charge in [-0.1, -0.05) is 13.8 Å². The third-order valence-corrected chi connectivity index (χ3v) is 2.12. The predicted molar refractivity (Wildman–Crippen MR) is 49.6 cm³/mol.